The number of rotatable bonds is 12. The van der Waals surface area contributed by atoms with Crippen molar-refractivity contribution in [2.45, 2.75) is 65.2 Å². The van der Waals surface area contributed by atoms with Gasteiger partial charge >= 0.3 is 0 Å². The minimum atomic E-state index is 0.855. The largest absolute Gasteiger partial charge is 0.330 e. The van der Waals surface area contributed by atoms with Crippen molar-refractivity contribution in [3.63, 3.8) is 0 Å². The van der Waals surface area contributed by atoms with Gasteiger partial charge in [0.15, 0.2) is 0 Å². The van der Waals surface area contributed by atoms with Crippen molar-refractivity contribution in [3.8, 4) is 0 Å². The highest BCUT2D eigenvalue weighted by atomic mass is 14.8. The van der Waals surface area contributed by atoms with Crippen molar-refractivity contribution in [3.05, 3.63) is 0 Å². The van der Waals surface area contributed by atoms with Crippen molar-refractivity contribution in [1.82, 2.24) is 5.32 Å². The third-order valence-electron chi connectivity index (χ3n) is 2.94. The topological polar surface area (TPSA) is 38.0 Å². The number of hydrogen-bond acceptors (Lipinski definition) is 2. The first kappa shape index (κ1) is 15.9. The van der Waals surface area contributed by atoms with Crippen LogP contribution in [0.25, 0.3) is 0 Å². The van der Waals surface area contributed by atoms with Crippen LogP contribution in [0.15, 0.2) is 0 Å². The van der Waals surface area contributed by atoms with Crippen LogP contribution in [0, 0.1) is 5.92 Å². The summed E-state index contributed by atoms with van der Waals surface area (Å²) in [6.07, 6.45) is 10.6. The van der Waals surface area contributed by atoms with Gasteiger partial charge in [0.1, 0.15) is 0 Å². The molecular formula is C14H32N2. The first-order chi connectivity index (χ1) is 7.77. The van der Waals surface area contributed by atoms with E-state index in [0.717, 1.165) is 12.5 Å². The van der Waals surface area contributed by atoms with Gasteiger partial charge in [0.25, 0.3) is 0 Å². The number of nitrogens with two attached hydrogens (primary N) is 1. The van der Waals surface area contributed by atoms with Crippen LogP contribution >= 0.6 is 0 Å². The Morgan fingerprint density at radius 3 is 2.00 bits per heavy atom. The Labute approximate surface area is 102 Å². The zero-order valence-corrected chi connectivity index (χ0v) is 11.4. The van der Waals surface area contributed by atoms with Gasteiger partial charge in [0.2, 0.25) is 0 Å². The third-order valence-corrected chi connectivity index (χ3v) is 2.94. The molecule has 3 N–H and O–H groups in total. The zero-order chi connectivity index (χ0) is 12.1. The van der Waals surface area contributed by atoms with Gasteiger partial charge < -0.3 is 11.1 Å². The molecular weight excluding hydrogens is 196 g/mol. The molecule has 0 bridgehead atoms. The lowest BCUT2D eigenvalue weighted by molar-refractivity contribution is 0.512. The minimum absolute atomic E-state index is 0.855. The zero-order valence-electron chi connectivity index (χ0n) is 11.4. The van der Waals surface area contributed by atoms with Gasteiger partial charge in [-0.3, -0.25) is 0 Å². The van der Waals surface area contributed by atoms with Crippen LogP contribution in [-0.2, 0) is 0 Å². The lowest BCUT2D eigenvalue weighted by Gasteiger charge is -2.06. The fraction of sp³-hybridized carbons (Fsp3) is 1.00. The lowest BCUT2D eigenvalue weighted by Crippen LogP contribution is -2.16. The van der Waals surface area contributed by atoms with Gasteiger partial charge in [-0.15, -0.1) is 0 Å². The van der Waals surface area contributed by atoms with Gasteiger partial charge in [-0.25, -0.2) is 0 Å². The number of hydrogen-bond donors (Lipinski definition) is 2. The maximum Gasteiger partial charge on any atom is -0.00489 e. The molecule has 0 aromatic carbocycles. The highest BCUT2D eigenvalue weighted by molar-refractivity contribution is 4.52. The first-order valence-electron chi connectivity index (χ1n) is 7.18. The Bertz CT molecular complexity index is 124. The highest BCUT2D eigenvalue weighted by Crippen LogP contribution is 2.05. The van der Waals surface area contributed by atoms with Gasteiger partial charge in [-0.05, 0) is 44.8 Å². The summed E-state index contributed by atoms with van der Waals surface area (Å²) in [5.74, 6) is 0.863. The summed E-state index contributed by atoms with van der Waals surface area (Å²) in [6.45, 7) is 7.86. The summed E-state index contributed by atoms with van der Waals surface area (Å²) in [5, 5.41) is 3.53. The lowest BCUT2D eigenvalue weighted by atomic mass is 10.1. The van der Waals surface area contributed by atoms with E-state index in [1.165, 1.54) is 64.5 Å². The molecule has 0 aromatic heterocycles. The Morgan fingerprint density at radius 1 is 0.812 bits per heavy atom. The molecule has 0 spiro atoms. The van der Waals surface area contributed by atoms with E-state index in [1.807, 2.05) is 0 Å². The summed E-state index contributed by atoms with van der Waals surface area (Å²) in [7, 11) is 0. The Hall–Kier alpha value is -0.0800. The molecule has 0 aliphatic rings. The average molecular weight is 228 g/mol. The molecule has 0 aliphatic heterocycles. The second-order valence-corrected chi connectivity index (χ2v) is 5.20. The van der Waals surface area contributed by atoms with E-state index in [9.17, 15) is 0 Å². The molecule has 2 nitrogen and oxygen atoms in total. The molecule has 0 atom stereocenters. The fourth-order valence-corrected chi connectivity index (χ4v) is 1.85. The third kappa shape index (κ3) is 13.9. The predicted octanol–water partition coefficient (Wildman–Crippen LogP) is 3.31. The van der Waals surface area contributed by atoms with Crippen LogP contribution in [0.5, 0.6) is 0 Å². The van der Waals surface area contributed by atoms with Crippen molar-refractivity contribution >= 4 is 0 Å². The van der Waals surface area contributed by atoms with Crippen LogP contribution in [0.2, 0.25) is 0 Å². The molecule has 0 unspecified atom stereocenters. The Morgan fingerprint density at radius 2 is 1.38 bits per heavy atom. The second kappa shape index (κ2) is 13.0. The van der Waals surface area contributed by atoms with Gasteiger partial charge in [-0.2, -0.15) is 0 Å². The van der Waals surface area contributed by atoms with Crippen LogP contribution in [0.4, 0.5) is 0 Å². The van der Waals surface area contributed by atoms with Crippen molar-refractivity contribution in [1.29, 1.82) is 0 Å². The van der Waals surface area contributed by atoms with Gasteiger partial charge in [0.05, 0.1) is 0 Å². The molecule has 98 valence electrons. The second-order valence-electron chi connectivity index (χ2n) is 5.20. The van der Waals surface area contributed by atoms with E-state index in [1.54, 1.807) is 0 Å². The highest BCUT2D eigenvalue weighted by Gasteiger charge is 1.94. The normalized spacial score (nSPS) is 11.2. The quantitative estimate of drug-likeness (QED) is 0.503. The molecule has 0 aliphatic carbocycles. The molecule has 16 heavy (non-hydrogen) atoms. The van der Waals surface area contributed by atoms with E-state index < -0.39 is 0 Å². The summed E-state index contributed by atoms with van der Waals surface area (Å²) in [4.78, 5) is 0. The average Bonchev–Trinajstić information content (AvgIpc) is 2.25. The summed E-state index contributed by atoms with van der Waals surface area (Å²) >= 11 is 0. The molecule has 0 saturated carbocycles. The Kier molecular flexibility index (Phi) is 12.9. The molecule has 0 heterocycles. The van der Waals surface area contributed by atoms with Crippen LogP contribution in [0.1, 0.15) is 65.2 Å². The monoisotopic (exact) mass is 228 g/mol. The van der Waals surface area contributed by atoms with Crippen LogP contribution in [-0.4, -0.2) is 19.6 Å². The molecule has 0 aromatic rings. The van der Waals surface area contributed by atoms with Crippen LogP contribution in [0.3, 0.4) is 0 Å². The van der Waals surface area contributed by atoms with E-state index in [-0.39, 0.29) is 0 Å². The number of nitrogens with one attached hydrogen (secondary N) is 1. The van der Waals surface area contributed by atoms with Crippen LogP contribution < -0.4 is 11.1 Å². The first-order valence-corrected chi connectivity index (χ1v) is 7.18. The van der Waals surface area contributed by atoms with Crippen molar-refractivity contribution < 1.29 is 0 Å². The molecule has 0 rings (SSSR count). The summed E-state index contributed by atoms with van der Waals surface area (Å²) in [5.41, 5.74) is 5.45. The van der Waals surface area contributed by atoms with Gasteiger partial charge in [-0.1, -0.05) is 46.0 Å². The van der Waals surface area contributed by atoms with E-state index in [2.05, 4.69) is 19.2 Å². The van der Waals surface area contributed by atoms with Gasteiger partial charge in [0, 0.05) is 0 Å². The van der Waals surface area contributed by atoms with E-state index >= 15 is 0 Å². The van der Waals surface area contributed by atoms with E-state index in [4.69, 9.17) is 5.73 Å². The molecule has 2 heteroatoms. The fourth-order valence-electron chi connectivity index (χ4n) is 1.85. The molecule has 0 saturated heterocycles. The Balaban J connectivity index is 2.88. The smallest absolute Gasteiger partial charge is 0.00489 e. The summed E-state index contributed by atoms with van der Waals surface area (Å²) in [6, 6.07) is 0. The maximum absolute atomic E-state index is 5.45. The van der Waals surface area contributed by atoms with E-state index in [0.29, 0.717) is 0 Å². The predicted molar refractivity (Wildman–Crippen MR) is 73.7 cm³/mol. The standard InChI is InChI=1S/C14H32N2/c1-14(2)10-6-9-13-16-12-8-5-3-4-7-11-15/h14,16H,3-13,15H2,1-2H3. The minimum Gasteiger partial charge on any atom is -0.330 e. The number of unbranched alkanes of at least 4 members (excludes halogenated alkanes) is 5. The molecule has 0 amide bonds. The summed E-state index contributed by atoms with van der Waals surface area (Å²) < 4.78 is 0. The molecule has 0 radical (unpaired) electrons. The van der Waals surface area contributed by atoms with Crippen molar-refractivity contribution in [2.75, 3.05) is 19.6 Å². The maximum atomic E-state index is 5.45. The molecule has 0 fully saturated rings. The SMILES string of the molecule is CC(C)CCCCNCCCCCCCN. The van der Waals surface area contributed by atoms with Crippen molar-refractivity contribution in [2.24, 2.45) is 11.7 Å².